The number of rotatable bonds is 4. The van der Waals surface area contributed by atoms with E-state index in [1.54, 1.807) is 0 Å². The molecule has 0 radical (unpaired) electrons. The van der Waals surface area contributed by atoms with Gasteiger partial charge in [-0.2, -0.15) is 0 Å². The Bertz CT molecular complexity index is 470. The van der Waals surface area contributed by atoms with Gasteiger partial charge in [-0.3, -0.25) is 9.69 Å². The zero-order valence-corrected chi connectivity index (χ0v) is 12.9. The van der Waals surface area contributed by atoms with Gasteiger partial charge >= 0.3 is 0 Å². The molecule has 1 aromatic rings. The summed E-state index contributed by atoms with van der Waals surface area (Å²) in [6, 6.07) is 6.72. The molecule has 0 aromatic heterocycles. The Balaban J connectivity index is 2.01. The van der Waals surface area contributed by atoms with Crippen LogP contribution < -0.4 is 5.32 Å². The predicted molar refractivity (Wildman–Crippen MR) is 84.1 cm³/mol. The van der Waals surface area contributed by atoms with Crippen LogP contribution in [0.15, 0.2) is 18.2 Å². The summed E-state index contributed by atoms with van der Waals surface area (Å²) in [5.74, 6) is 0.114. The largest absolute Gasteiger partial charge is 0.324 e. The number of hydrogen-bond donors (Lipinski definition) is 1. The molecule has 0 spiro atoms. The second-order valence-electron chi connectivity index (χ2n) is 5.83. The van der Waals surface area contributed by atoms with Crippen LogP contribution in [-0.2, 0) is 11.2 Å². The molecule has 0 unspecified atom stereocenters. The zero-order valence-electron chi connectivity index (χ0n) is 12.9. The molecule has 1 aliphatic heterocycles. The Hall–Kier alpha value is -1.35. The van der Waals surface area contributed by atoms with Crippen molar-refractivity contribution in [3.05, 3.63) is 29.3 Å². The molecule has 1 saturated heterocycles. The van der Waals surface area contributed by atoms with Gasteiger partial charge < -0.3 is 5.32 Å². The molecule has 0 saturated carbocycles. The summed E-state index contributed by atoms with van der Waals surface area (Å²) in [4.78, 5) is 14.6. The van der Waals surface area contributed by atoms with Crippen LogP contribution in [0.1, 0.15) is 44.2 Å². The van der Waals surface area contributed by atoms with Gasteiger partial charge in [0.05, 0.1) is 6.54 Å². The average Bonchev–Trinajstić information content (AvgIpc) is 2.43. The Morgan fingerprint density at radius 3 is 2.90 bits per heavy atom. The molecule has 1 N–H and O–H groups in total. The molecule has 1 fully saturated rings. The van der Waals surface area contributed by atoms with Crippen molar-refractivity contribution in [1.29, 1.82) is 0 Å². The van der Waals surface area contributed by atoms with E-state index in [9.17, 15) is 4.79 Å². The minimum atomic E-state index is 0.114. The Morgan fingerprint density at radius 2 is 2.20 bits per heavy atom. The van der Waals surface area contributed by atoms with Gasteiger partial charge in [0.15, 0.2) is 0 Å². The fourth-order valence-electron chi connectivity index (χ4n) is 2.96. The highest BCUT2D eigenvalue weighted by atomic mass is 16.2. The fourth-order valence-corrected chi connectivity index (χ4v) is 2.96. The maximum Gasteiger partial charge on any atom is 0.238 e. The van der Waals surface area contributed by atoms with Crippen LogP contribution in [0.5, 0.6) is 0 Å². The lowest BCUT2D eigenvalue weighted by atomic mass is 10.0. The van der Waals surface area contributed by atoms with Crippen molar-refractivity contribution >= 4 is 11.6 Å². The standard InChI is InChI=1S/C17H26N2O/c1-4-15-10-7-8-13(2)17(15)18-16(20)12-19-11-6-5-9-14(19)3/h7-8,10,14H,4-6,9,11-12H2,1-3H3,(H,18,20)/t14-/m0/s1. The highest BCUT2D eigenvalue weighted by molar-refractivity contribution is 5.93. The van der Waals surface area contributed by atoms with Crippen LogP contribution in [0.25, 0.3) is 0 Å². The Morgan fingerprint density at radius 1 is 1.40 bits per heavy atom. The monoisotopic (exact) mass is 274 g/mol. The Kier molecular flexibility index (Phi) is 5.18. The first-order valence-electron chi connectivity index (χ1n) is 7.74. The van der Waals surface area contributed by atoms with Crippen LogP contribution in [0.3, 0.4) is 0 Å². The van der Waals surface area contributed by atoms with E-state index in [0.717, 1.165) is 24.2 Å². The normalized spacial score (nSPS) is 19.9. The number of nitrogens with zero attached hydrogens (tertiary/aromatic N) is 1. The number of aryl methyl sites for hydroxylation is 2. The third-order valence-corrected chi connectivity index (χ3v) is 4.29. The van der Waals surface area contributed by atoms with E-state index in [1.165, 1.54) is 24.8 Å². The summed E-state index contributed by atoms with van der Waals surface area (Å²) in [6.45, 7) is 7.95. The number of carbonyl (C=O) groups is 1. The van der Waals surface area contributed by atoms with E-state index in [4.69, 9.17) is 0 Å². The molecule has 20 heavy (non-hydrogen) atoms. The third kappa shape index (κ3) is 3.60. The molecule has 1 atom stereocenters. The number of likely N-dealkylation sites (tertiary alicyclic amines) is 1. The number of para-hydroxylation sites is 1. The van der Waals surface area contributed by atoms with Crippen molar-refractivity contribution in [1.82, 2.24) is 4.90 Å². The van der Waals surface area contributed by atoms with E-state index in [0.29, 0.717) is 12.6 Å². The van der Waals surface area contributed by atoms with Gasteiger partial charge in [0.25, 0.3) is 0 Å². The highest BCUT2D eigenvalue weighted by Gasteiger charge is 2.21. The molecule has 1 aromatic carbocycles. The molecular formula is C17H26N2O. The van der Waals surface area contributed by atoms with E-state index in [1.807, 2.05) is 0 Å². The lowest BCUT2D eigenvalue weighted by molar-refractivity contribution is -0.118. The molecule has 0 bridgehead atoms. The van der Waals surface area contributed by atoms with Gasteiger partial charge in [0.1, 0.15) is 0 Å². The van der Waals surface area contributed by atoms with E-state index >= 15 is 0 Å². The van der Waals surface area contributed by atoms with Gasteiger partial charge in [0, 0.05) is 11.7 Å². The second-order valence-corrected chi connectivity index (χ2v) is 5.83. The number of hydrogen-bond acceptors (Lipinski definition) is 2. The lowest BCUT2D eigenvalue weighted by Crippen LogP contribution is -2.42. The van der Waals surface area contributed by atoms with Crippen molar-refractivity contribution in [3.8, 4) is 0 Å². The van der Waals surface area contributed by atoms with Gasteiger partial charge in [-0.15, -0.1) is 0 Å². The summed E-state index contributed by atoms with van der Waals surface area (Å²) in [7, 11) is 0. The van der Waals surface area contributed by atoms with Crippen molar-refractivity contribution in [3.63, 3.8) is 0 Å². The molecule has 3 heteroatoms. The molecule has 3 nitrogen and oxygen atoms in total. The minimum Gasteiger partial charge on any atom is -0.324 e. The molecule has 2 rings (SSSR count). The maximum absolute atomic E-state index is 12.3. The predicted octanol–water partition coefficient (Wildman–Crippen LogP) is 3.37. The zero-order chi connectivity index (χ0) is 14.5. The summed E-state index contributed by atoms with van der Waals surface area (Å²) in [6.07, 6.45) is 4.65. The number of anilines is 1. The first-order chi connectivity index (χ1) is 9.61. The van der Waals surface area contributed by atoms with Crippen LogP contribution in [0.4, 0.5) is 5.69 Å². The summed E-state index contributed by atoms with van der Waals surface area (Å²) < 4.78 is 0. The molecule has 1 aliphatic rings. The van der Waals surface area contributed by atoms with E-state index in [2.05, 4.69) is 49.2 Å². The van der Waals surface area contributed by atoms with Crippen LogP contribution in [-0.4, -0.2) is 29.9 Å². The van der Waals surface area contributed by atoms with Crippen LogP contribution in [0, 0.1) is 6.92 Å². The maximum atomic E-state index is 12.3. The van der Waals surface area contributed by atoms with E-state index < -0.39 is 0 Å². The van der Waals surface area contributed by atoms with Crippen LogP contribution >= 0.6 is 0 Å². The summed E-state index contributed by atoms with van der Waals surface area (Å²) in [5.41, 5.74) is 3.36. The first-order valence-corrected chi connectivity index (χ1v) is 7.74. The highest BCUT2D eigenvalue weighted by Crippen LogP contribution is 2.21. The van der Waals surface area contributed by atoms with Gasteiger partial charge in [-0.05, 0) is 50.8 Å². The van der Waals surface area contributed by atoms with Gasteiger partial charge in [-0.25, -0.2) is 0 Å². The number of nitrogens with one attached hydrogen (secondary N) is 1. The lowest BCUT2D eigenvalue weighted by Gasteiger charge is -2.32. The van der Waals surface area contributed by atoms with Gasteiger partial charge in [0.2, 0.25) is 5.91 Å². The molecule has 1 heterocycles. The summed E-state index contributed by atoms with van der Waals surface area (Å²) >= 11 is 0. The van der Waals surface area contributed by atoms with Crippen molar-refractivity contribution < 1.29 is 4.79 Å². The topological polar surface area (TPSA) is 32.3 Å². The quantitative estimate of drug-likeness (QED) is 0.913. The molecule has 0 aliphatic carbocycles. The van der Waals surface area contributed by atoms with Crippen LogP contribution in [0.2, 0.25) is 0 Å². The van der Waals surface area contributed by atoms with Crippen molar-refractivity contribution in [2.75, 3.05) is 18.4 Å². The molecular weight excluding hydrogens is 248 g/mol. The molecule has 110 valence electrons. The number of piperidine rings is 1. The smallest absolute Gasteiger partial charge is 0.238 e. The fraction of sp³-hybridized carbons (Fsp3) is 0.588. The van der Waals surface area contributed by atoms with Crippen molar-refractivity contribution in [2.45, 2.75) is 52.5 Å². The van der Waals surface area contributed by atoms with E-state index in [-0.39, 0.29) is 5.91 Å². The van der Waals surface area contributed by atoms with Crippen molar-refractivity contribution in [2.24, 2.45) is 0 Å². The number of benzene rings is 1. The van der Waals surface area contributed by atoms with Gasteiger partial charge in [-0.1, -0.05) is 31.5 Å². The average molecular weight is 274 g/mol. The first kappa shape index (κ1) is 15.0. The second kappa shape index (κ2) is 6.89. The third-order valence-electron chi connectivity index (χ3n) is 4.29. The summed E-state index contributed by atoms with van der Waals surface area (Å²) in [5, 5.41) is 3.12. The molecule has 1 amide bonds. The number of carbonyl (C=O) groups excluding carboxylic acids is 1. The Labute approximate surface area is 122 Å². The number of amides is 1. The SMILES string of the molecule is CCc1cccc(C)c1NC(=O)CN1CCCC[C@@H]1C. The minimum absolute atomic E-state index is 0.114.